The molecule has 0 aliphatic rings. The molecule has 1 amide bonds. The molecule has 0 saturated carbocycles. The highest BCUT2D eigenvalue weighted by Crippen LogP contribution is 2.12. The molecule has 0 atom stereocenters. The van der Waals surface area contributed by atoms with Crippen molar-refractivity contribution in [1.82, 2.24) is 9.97 Å². The summed E-state index contributed by atoms with van der Waals surface area (Å²) in [7, 11) is 0. The molecule has 2 aromatic heterocycles. The zero-order valence-corrected chi connectivity index (χ0v) is 11.0. The van der Waals surface area contributed by atoms with Gasteiger partial charge in [0.25, 0.3) is 5.91 Å². The van der Waals surface area contributed by atoms with Crippen LogP contribution >= 0.6 is 0 Å². The van der Waals surface area contributed by atoms with Crippen molar-refractivity contribution < 1.29 is 4.79 Å². The number of rotatable bonds is 4. The molecule has 0 saturated heterocycles. The molecule has 2 aromatic rings. The van der Waals surface area contributed by atoms with Crippen LogP contribution in [0.15, 0.2) is 36.7 Å². The van der Waals surface area contributed by atoms with E-state index in [1.807, 2.05) is 13.8 Å². The summed E-state index contributed by atoms with van der Waals surface area (Å²) in [5, 5.41) is 5.93. The second kappa shape index (κ2) is 5.95. The summed E-state index contributed by atoms with van der Waals surface area (Å²) < 4.78 is 0. The van der Waals surface area contributed by atoms with Crippen molar-refractivity contribution in [3.63, 3.8) is 0 Å². The standard InChI is InChI=1S/C14H16N4O/c1-3-16-13-9-11(8-10(2)17-13)14(19)18-12-4-6-15-7-5-12/h4-9H,3H2,1-2H3,(H,16,17)(H,15,18,19). The molecule has 0 aliphatic heterocycles. The van der Waals surface area contributed by atoms with E-state index in [0.717, 1.165) is 17.9 Å². The Hall–Kier alpha value is -2.43. The van der Waals surface area contributed by atoms with Crippen LogP contribution in [0.2, 0.25) is 0 Å². The highest BCUT2D eigenvalue weighted by atomic mass is 16.1. The highest BCUT2D eigenvalue weighted by Gasteiger charge is 2.08. The van der Waals surface area contributed by atoms with Gasteiger partial charge in [-0.25, -0.2) is 4.98 Å². The molecule has 0 spiro atoms. The minimum absolute atomic E-state index is 0.157. The van der Waals surface area contributed by atoms with Crippen LogP contribution < -0.4 is 10.6 Å². The summed E-state index contributed by atoms with van der Waals surface area (Å²) in [5.74, 6) is 0.554. The number of aromatic nitrogens is 2. The molecule has 5 heteroatoms. The number of anilines is 2. The van der Waals surface area contributed by atoms with Crippen molar-refractivity contribution in [3.8, 4) is 0 Å². The molecule has 2 N–H and O–H groups in total. The lowest BCUT2D eigenvalue weighted by molar-refractivity contribution is 0.102. The second-order valence-corrected chi connectivity index (χ2v) is 4.10. The van der Waals surface area contributed by atoms with Gasteiger partial charge in [-0.05, 0) is 38.1 Å². The number of hydrogen-bond donors (Lipinski definition) is 2. The number of amides is 1. The van der Waals surface area contributed by atoms with Crippen LogP contribution in [0.5, 0.6) is 0 Å². The zero-order valence-electron chi connectivity index (χ0n) is 11.0. The van der Waals surface area contributed by atoms with E-state index in [0.29, 0.717) is 11.4 Å². The van der Waals surface area contributed by atoms with Crippen LogP contribution in [-0.2, 0) is 0 Å². The van der Waals surface area contributed by atoms with Crippen LogP contribution in [-0.4, -0.2) is 22.4 Å². The number of nitrogens with zero attached hydrogens (tertiary/aromatic N) is 2. The molecular formula is C14H16N4O. The Morgan fingerprint density at radius 1 is 1.26 bits per heavy atom. The van der Waals surface area contributed by atoms with Crippen molar-refractivity contribution in [1.29, 1.82) is 0 Å². The van der Waals surface area contributed by atoms with Crippen molar-refractivity contribution in [2.45, 2.75) is 13.8 Å². The number of nitrogens with one attached hydrogen (secondary N) is 2. The van der Waals surface area contributed by atoms with Crippen LogP contribution in [0.3, 0.4) is 0 Å². The predicted molar refractivity (Wildman–Crippen MR) is 75.3 cm³/mol. The quantitative estimate of drug-likeness (QED) is 0.881. The van der Waals surface area contributed by atoms with E-state index in [2.05, 4.69) is 20.6 Å². The monoisotopic (exact) mass is 256 g/mol. The molecule has 98 valence electrons. The summed E-state index contributed by atoms with van der Waals surface area (Å²) in [4.78, 5) is 20.4. The Bertz CT molecular complexity index is 569. The first-order chi connectivity index (χ1) is 9.19. The fourth-order valence-electron chi connectivity index (χ4n) is 1.71. The van der Waals surface area contributed by atoms with E-state index >= 15 is 0 Å². The van der Waals surface area contributed by atoms with Gasteiger partial charge >= 0.3 is 0 Å². The minimum Gasteiger partial charge on any atom is -0.370 e. The lowest BCUT2D eigenvalue weighted by Gasteiger charge is -2.08. The molecule has 2 heterocycles. The van der Waals surface area contributed by atoms with E-state index < -0.39 is 0 Å². The predicted octanol–water partition coefficient (Wildman–Crippen LogP) is 2.47. The molecule has 0 fully saturated rings. The maximum Gasteiger partial charge on any atom is 0.255 e. The topological polar surface area (TPSA) is 66.9 Å². The van der Waals surface area contributed by atoms with Crippen molar-refractivity contribution in [3.05, 3.63) is 47.9 Å². The Labute approximate surface area is 112 Å². The van der Waals surface area contributed by atoms with Gasteiger partial charge in [-0.15, -0.1) is 0 Å². The number of aryl methyl sites for hydroxylation is 1. The highest BCUT2D eigenvalue weighted by molar-refractivity contribution is 6.04. The van der Waals surface area contributed by atoms with Crippen LogP contribution in [0.1, 0.15) is 23.0 Å². The number of carbonyl (C=O) groups is 1. The van der Waals surface area contributed by atoms with Crippen molar-refractivity contribution in [2.24, 2.45) is 0 Å². The lowest BCUT2D eigenvalue weighted by atomic mass is 10.2. The smallest absolute Gasteiger partial charge is 0.255 e. The Morgan fingerprint density at radius 2 is 2.00 bits per heavy atom. The van der Waals surface area contributed by atoms with Gasteiger partial charge in [0.15, 0.2) is 0 Å². The molecule has 5 nitrogen and oxygen atoms in total. The third-order valence-corrected chi connectivity index (χ3v) is 2.51. The van der Waals surface area contributed by atoms with Crippen molar-refractivity contribution in [2.75, 3.05) is 17.2 Å². The van der Waals surface area contributed by atoms with Crippen LogP contribution in [0.4, 0.5) is 11.5 Å². The Morgan fingerprint density at radius 3 is 2.68 bits per heavy atom. The SMILES string of the molecule is CCNc1cc(C(=O)Nc2ccncc2)cc(C)n1. The van der Waals surface area contributed by atoms with Gasteiger partial charge in [-0.3, -0.25) is 9.78 Å². The average molecular weight is 256 g/mol. The summed E-state index contributed by atoms with van der Waals surface area (Å²) >= 11 is 0. The number of carbonyl (C=O) groups excluding carboxylic acids is 1. The van der Waals surface area contributed by atoms with Gasteiger partial charge in [0.1, 0.15) is 5.82 Å². The number of hydrogen-bond acceptors (Lipinski definition) is 4. The molecule has 2 rings (SSSR count). The molecule has 19 heavy (non-hydrogen) atoms. The van der Waals surface area contributed by atoms with Crippen molar-refractivity contribution >= 4 is 17.4 Å². The third-order valence-electron chi connectivity index (χ3n) is 2.51. The van der Waals surface area contributed by atoms with Gasteiger partial charge in [-0.2, -0.15) is 0 Å². The summed E-state index contributed by atoms with van der Waals surface area (Å²) in [5.41, 5.74) is 2.11. The van der Waals surface area contributed by atoms with E-state index in [4.69, 9.17) is 0 Å². The van der Waals surface area contributed by atoms with E-state index in [-0.39, 0.29) is 5.91 Å². The summed E-state index contributed by atoms with van der Waals surface area (Å²) in [6.07, 6.45) is 3.27. The van der Waals surface area contributed by atoms with E-state index in [1.165, 1.54) is 0 Å². The average Bonchev–Trinajstić information content (AvgIpc) is 2.39. The maximum atomic E-state index is 12.1. The maximum absolute atomic E-state index is 12.1. The third kappa shape index (κ3) is 3.51. The number of pyridine rings is 2. The van der Waals surface area contributed by atoms with Gasteiger partial charge in [-0.1, -0.05) is 0 Å². The lowest BCUT2D eigenvalue weighted by Crippen LogP contribution is -2.13. The molecule has 0 aromatic carbocycles. The zero-order chi connectivity index (χ0) is 13.7. The largest absolute Gasteiger partial charge is 0.370 e. The Balaban J connectivity index is 2.19. The molecule has 0 bridgehead atoms. The van der Waals surface area contributed by atoms with Gasteiger partial charge < -0.3 is 10.6 Å². The van der Waals surface area contributed by atoms with E-state index in [1.54, 1.807) is 36.7 Å². The summed E-state index contributed by atoms with van der Waals surface area (Å²) in [6.45, 7) is 4.62. The fraction of sp³-hybridized carbons (Fsp3) is 0.214. The molecule has 0 radical (unpaired) electrons. The normalized spacial score (nSPS) is 10.0. The molecular weight excluding hydrogens is 240 g/mol. The molecule has 0 aliphatic carbocycles. The molecule has 0 unspecified atom stereocenters. The second-order valence-electron chi connectivity index (χ2n) is 4.10. The minimum atomic E-state index is -0.157. The van der Waals surface area contributed by atoms with Crippen LogP contribution in [0.25, 0.3) is 0 Å². The van der Waals surface area contributed by atoms with Crippen LogP contribution in [0, 0.1) is 6.92 Å². The first-order valence-electron chi connectivity index (χ1n) is 6.13. The Kier molecular flexibility index (Phi) is 4.07. The van der Waals surface area contributed by atoms with Gasteiger partial charge in [0.2, 0.25) is 0 Å². The fourth-order valence-corrected chi connectivity index (χ4v) is 1.71. The first kappa shape index (κ1) is 13.0. The van der Waals surface area contributed by atoms with Gasteiger partial charge in [0, 0.05) is 35.9 Å². The van der Waals surface area contributed by atoms with Gasteiger partial charge in [0.05, 0.1) is 0 Å². The summed E-state index contributed by atoms with van der Waals surface area (Å²) in [6, 6.07) is 7.00. The van der Waals surface area contributed by atoms with E-state index in [9.17, 15) is 4.79 Å². The first-order valence-corrected chi connectivity index (χ1v) is 6.13.